The van der Waals surface area contributed by atoms with Crippen molar-refractivity contribution in [3.63, 3.8) is 0 Å². The highest BCUT2D eigenvalue weighted by Crippen LogP contribution is 2.58. The zero-order valence-corrected chi connectivity index (χ0v) is 26.6. The van der Waals surface area contributed by atoms with Gasteiger partial charge < -0.3 is 29.0 Å². The predicted octanol–water partition coefficient (Wildman–Crippen LogP) is 4.19. The van der Waals surface area contributed by atoms with Gasteiger partial charge in [-0.05, 0) is 84.3 Å². The van der Waals surface area contributed by atoms with E-state index in [4.69, 9.17) is 13.9 Å². The molecule has 1 aliphatic heterocycles. The molecular weight excluding hydrogens is 552 g/mol. The monoisotopic (exact) mass is 600 g/mol. The number of hydrogen-bond acceptors (Lipinski definition) is 9. The molecule has 3 N–H and O–H groups in total. The SMILES string of the molecule is CCOC(=O)C(O)(CC(O)CC1(c2cc3ccccc3o2)CC(C)(C)C1)N[C@@H](C)C(=O)N1CCC[C@H]1C(=O)OC(C)(C)C. The van der Waals surface area contributed by atoms with Crippen LogP contribution in [0.1, 0.15) is 92.8 Å². The van der Waals surface area contributed by atoms with E-state index in [-0.39, 0.29) is 18.4 Å². The number of furan rings is 1. The number of fused-ring (bicyclic) bond motifs is 1. The van der Waals surface area contributed by atoms with Gasteiger partial charge in [0.25, 0.3) is 0 Å². The molecule has 1 saturated heterocycles. The topological polar surface area (TPSA) is 139 Å². The minimum absolute atomic E-state index is 0.00516. The smallest absolute Gasteiger partial charge is 0.353 e. The molecule has 10 heteroatoms. The van der Waals surface area contributed by atoms with E-state index in [0.29, 0.717) is 19.4 Å². The van der Waals surface area contributed by atoms with E-state index in [9.17, 15) is 24.6 Å². The fourth-order valence-electron chi connectivity index (χ4n) is 7.07. The summed E-state index contributed by atoms with van der Waals surface area (Å²) in [6.07, 6.45) is 1.33. The van der Waals surface area contributed by atoms with Gasteiger partial charge in [-0.2, -0.15) is 0 Å². The van der Waals surface area contributed by atoms with Crippen molar-refractivity contribution in [2.24, 2.45) is 5.41 Å². The molecule has 4 atom stereocenters. The van der Waals surface area contributed by atoms with E-state index in [1.807, 2.05) is 30.3 Å². The van der Waals surface area contributed by atoms with Crippen molar-refractivity contribution < 1.29 is 38.5 Å². The lowest BCUT2D eigenvalue weighted by molar-refractivity contribution is -0.176. The molecule has 2 unspecified atom stereocenters. The third-order valence-corrected chi connectivity index (χ3v) is 8.39. The number of para-hydroxylation sites is 1. The van der Waals surface area contributed by atoms with Crippen molar-refractivity contribution in [3.8, 4) is 0 Å². The van der Waals surface area contributed by atoms with E-state index in [0.717, 1.165) is 29.6 Å². The van der Waals surface area contributed by atoms with Crippen LogP contribution in [0.2, 0.25) is 0 Å². The van der Waals surface area contributed by atoms with Gasteiger partial charge in [0.1, 0.15) is 23.0 Å². The molecule has 10 nitrogen and oxygen atoms in total. The van der Waals surface area contributed by atoms with Gasteiger partial charge in [0.15, 0.2) is 0 Å². The first kappa shape index (κ1) is 33.0. The lowest BCUT2D eigenvalue weighted by Gasteiger charge is -2.53. The average Bonchev–Trinajstić information content (AvgIpc) is 3.53. The maximum absolute atomic E-state index is 13.5. The Hall–Kier alpha value is -2.95. The number of benzene rings is 1. The molecule has 2 aliphatic rings. The van der Waals surface area contributed by atoms with Gasteiger partial charge in [-0.25, -0.2) is 9.59 Å². The van der Waals surface area contributed by atoms with Crippen LogP contribution in [0.3, 0.4) is 0 Å². The summed E-state index contributed by atoms with van der Waals surface area (Å²) in [5, 5.41) is 26.7. The van der Waals surface area contributed by atoms with Crippen LogP contribution < -0.4 is 5.32 Å². The summed E-state index contributed by atoms with van der Waals surface area (Å²) in [5.41, 5.74) is -2.72. The lowest BCUT2D eigenvalue weighted by atomic mass is 9.51. The fourth-order valence-corrected chi connectivity index (χ4v) is 7.07. The lowest BCUT2D eigenvalue weighted by Crippen LogP contribution is -2.62. The molecule has 1 aromatic heterocycles. The highest BCUT2D eigenvalue weighted by Gasteiger charge is 2.54. The standard InChI is InChI=1S/C33H48N2O8/c1-8-41-29(39)33(40,34-21(2)27(37)35-15-11-13-24(35)28(38)43-30(3,4)5)18-23(36)17-32(19-31(6,7)20-32)26-16-22-12-9-10-14-25(22)42-26/h9-10,12,14,16,21,23-24,34,36,40H,8,11,13,15,17-20H2,1-7H3/t21-,23?,24-,33?/m0/s1. The van der Waals surface area contributed by atoms with Crippen LogP contribution in [0.25, 0.3) is 11.0 Å². The average molecular weight is 601 g/mol. The van der Waals surface area contributed by atoms with E-state index in [1.54, 1.807) is 27.7 Å². The van der Waals surface area contributed by atoms with Gasteiger partial charge in [0.05, 0.1) is 18.8 Å². The zero-order valence-electron chi connectivity index (χ0n) is 26.6. The highest BCUT2D eigenvalue weighted by atomic mass is 16.6. The van der Waals surface area contributed by atoms with E-state index in [2.05, 4.69) is 19.2 Å². The Kier molecular flexibility index (Phi) is 9.36. The minimum atomic E-state index is -2.35. The van der Waals surface area contributed by atoms with Crippen molar-refractivity contribution in [1.29, 1.82) is 0 Å². The molecule has 4 rings (SSSR count). The van der Waals surface area contributed by atoms with Crippen molar-refractivity contribution >= 4 is 28.8 Å². The Balaban J connectivity index is 1.51. The number of ether oxygens (including phenoxy) is 2. The first-order chi connectivity index (χ1) is 20.0. The number of carbonyl (C=O) groups excluding carboxylic acids is 3. The molecule has 0 radical (unpaired) electrons. The minimum Gasteiger partial charge on any atom is -0.463 e. The summed E-state index contributed by atoms with van der Waals surface area (Å²) in [6.45, 7) is 13.1. The normalized spacial score (nSPS) is 22.3. The molecule has 1 aromatic carbocycles. The first-order valence-electron chi connectivity index (χ1n) is 15.4. The van der Waals surface area contributed by atoms with E-state index < -0.39 is 59.2 Å². The molecule has 2 fully saturated rings. The fraction of sp³-hybridized carbons (Fsp3) is 0.667. The van der Waals surface area contributed by atoms with Gasteiger partial charge in [0, 0.05) is 23.8 Å². The van der Waals surface area contributed by atoms with Crippen LogP contribution in [0.15, 0.2) is 34.7 Å². The maximum Gasteiger partial charge on any atom is 0.353 e. The molecule has 43 heavy (non-hydrogen) atoms. The van der Waals surface area contributed by atoms with Crippen LogP contribution in [-0.2, 0) is 29.3 Å². The second-order valence-electron chi connectivity index (χ2n) is 14.2. The molecule has 2 heterocycles. The highest BCUT2D eigenvalue weighted by molar-refractivity contribution is 5.89. The zero-order chi connectivity index (χ0) is 31.8. The maximum atomic E-state index is 13.5. The van der Waals surface area contributed by atoms with Crippen LogP contribution >= 0.6 is 0 Å². The first-order valence-corrected chi connectivity index (χ1v) is 15.4. The van der Waals surface area contributed by atoms with Crippen LogP contribution in [0.4, 0.5) is 0 Å². The second-order valence-corrected chi connectivity index (χ2v) is 14.2. The summed E-state index contributed by atoms with van der Waals surface area (Å²) >= 11 is 0. The number of esters is 2. The molecular formula is C33H48N2O8. The Bertz CT molecular complexity index is 1290. The summed E-state index contributed by atoms with van der Waals surface area (Å²) in [6, 6.07) is 7.94. The Morgan fingerprint density at radius 3 is 2.47 bits per heavy atom. The Morgan fingerprint density at radius 1 is 1.19 bits per heavy atom. The molecule has 1 amide bonds. The second kappa shape index (κ2) is 12.2. The number of likely N-dealkylation sites (tertiary alicyclic amines) is 1. The summed E-state index contributed by atoms with van der Waals surface area (Å²) in [5.74, 6) is -1.15. The van der Waals surface area contributed by atoms with E-state index in [1.165, 1.54) is 11.8 Å². The summed E-state index contributed by atoms with van der Waals surface area (Å²) in [4.78, 5) is 40.8. The number of nitrogens with zero attached hydrogens (tertiary/aromatic N) is 1. The van der Waals surface area contributed by atoms with Crippen LogP contribution in [-0.4, -0.2) is 75.6 Å². The summed E-state index contributed by atoms with van der Waals surface area (Å²) in [7, 11) is 0. The van der Waals surface area contributed by atoms with Crippen LogP contribution in [0.5, 0.6) is 0 Å². The predicted molar refractivity (Wildman–Crippen MR) is 161 cm³/mol. The summed E-state index contributed by atoms with van der Waals surface area (Å²) < 4.78 is 16.9. The van der Waals surface area contributed by atoms with Gasteiger partial charge >= 0.3 is 11.9 Å². The van der Waals surface area contributed by atoms with Crippen LogP contribution in [0, 0.1) is 5.41 Å². The third kappa shape index (κ3) is 7.41. The number of hydrogen-bond donors (Lipinski definition) is 3. The van der Waals surface area contributed by atoms with Crippen molar-refractivity contribution in [2.75, 3.05) is 13.2 Å². The number of carbonyl (C=O) groups is 3. The van der Waals surface area contributed by atoms with Crippen molar-refractivity contribution in [2.45, 2.75) is 122 Å². The molecule has 238 valence electrons. The Morgan fingerprint density at radius 2 is 1.86 bits per heavy atom. The van der Waals surface area contributed by atoms with Crippen molar-refractivity contribution in [3.05, 3.63) is 36.1 Å². The third-order valence-electron chi connectivity index (χ3n) is 8.39. The molecule has 1 saturated carbocycles. The van der Waals surface area contributed by atoms with Gasteiger partial charge in [-0.1, -0.05) is 32.0 Å². The number of nitrogens with one attached hydrogen (secondary N) is 1. The molecule has 2 aromatic rings. The number of amides is 1. The molecule has 0 bridgehead atoms. The largest absolute Gasteiger partial charge is 0.463 e. The van der Waals surface area contributed by atoms with Crippen molar-refractivity contribution in [1.82, 2.24) is 10.2 Å². The number of aliphatic hydroxyl groups excluding tert-OH is 1. The van der Waals surface area contributed by atoms with Gasteiger partial charge in [-0.3, -0.25) is 10.1 Å². The van der Waals surface area contributed by atoms with Gasteiger partial charge in [-0.15, -0.1) is 0 Å². The number of aliphatic hydroxyl groups is 2. The number of rotatable bonds is 11. The molecule has 0 spiro atoms. The molecule has 1 aliphatic carbocycles. The quantitative estimate of drug-likeness (QED) is 0.256. The Labute approximate surface area is 254 Å². The van der Waals surface area contributed by atoms with Gasteiger partial charge in [0.2, 0.25) is 11.6 Å². The van der Waals surface area contributed by atoms with E-state index >= 15 is 0 Å².